The third kappa shape index (κ3) is 4.20. The van der Waals surface area contributed by atoms with Gasteiger partial charge in [-0.1, -0.05) is 42.4 Å². The van der Waals surface area contributed by atoms with Gasteiger partial charge in [0.05, 0.1) is 10.2 Å². The summed E-state index contributed by atoms with van der Waals surface area (Å²) in [6.07, 6.45) is 9.03. The fourth-order valence-electron chi connectivity index (χ4n) is 5.26. The average Bonchev–Trinajstić information content (AvgIpc) is 3.54. The van der Waals surface area contributed by atoms with Crippen molar-refractivity contribution in [3.63, 3.8) is 0 Å². The topological polar surface area (TPSA) is 84.9 Å². The van der Waals surface area contributed by atoms with Gasteiger partial charge in [0, 0.05) is 18.3 Å². The van der Waals surface area contributed by atoms with Crippen LogP contribution in [0.25, 0.3) is 15.3 Å². The maximum absolute atomic E-state index is 6.17. The number of nitrogen functional groups attached to an aromatic ring is 1. The van der Waals surface area contributed by atoms with E-state index in [1.807, 2.05) is 24.3 Å². The molecule has 0 atom stereocenters. The molecule has 1 fully saturated rings. The minimum absolute atomic E-state index is 0.329. The van der Waals surface area contributed by atoms with Crippen molar-refractivity contribution < 1.29 is 0 Å². The second-order valence-corrected chi connectivity index (χ2v) is 10.1. The normalized spacial score (nSPS) is 17.7. The van der Waals surface area contributed by atoms with Crippen LogP contribution in [0.1, 0.15) is 43.2 Å². The Hall–Kier alpha value is -2.97. The smallest absolute Gasteiger partial charge is 0.248 e. The van der Waals surface area contributed by atoms with Gasteiger partial charge in [-0.25, -0.2) is 4.98 Å². The molecule has 170 valence electrons. The van der Waals surface area contributed by atoms with Gasteiger partial charge < -0.3 is 16.0 Å². The Kier molecular flexibility index (Phi) is 5.47. The Morgan fingerprint density at radius 2 is 1.82 bits per heavy atom. The van der Waals surface area contributed by atoms with Crippen LogP contribution in [-0.4, -0.2) is 43.8 Å². The molecule has 2 aromatic carbocycles. The van der Waals surface area contributed by atoms with E-state index in [1.54, 1.807) is 16.0 Å². The number of nitrogens with zero attached hydrogens (tertiary/aromatic N) is 5. The van der Waals surface area contributed by atoms with E-state index in [1.165, 1.54) is 56.3 Å². The fraction of sp³-hybridized carbons (Fsp3) is 0.400. The quantitative estimate of drug-likeness (QED) is 0.450. The number of para-hydroxylation sites is 1. The lowest BCUT2D eigenvalue weighted by Crippen LogP contribution is -2.37. The van der Waals surface area contributed by atoms with Crippen LogP contribution < -0.4 is 11.1 Å². The molecule has 0 spiro atoms. The number of nitrogens with one attached hydrogen (secondary N) is 1. The van der Waals surface area contributed by atoms with Crippen LogP contribution in [0.5, 0.6) is 0 Å². The molecule has 33 heavy (non-hydrogen) atoms. The number of hydrogen-bond acceptors (Lipinski definition) is 7. The van der Waals surface area contributed by atoms with Gasteiger partial charge >= 0.3 is 0 Å². The van der Waals surface area contributed by atoms with Gasteiger partial charge in [0.1, 0.15) is 0 Å². The standard InChI is InChI=1S/C25H29N7S/c26-23-29-24(30-32(23)25-28-21-9-3-4-10-22(21)33-25)27-19-12-11-17-13-15-31(20-7-1-2-8-20)14-5-6-18(17)16-19/h3-4,9-12,16,20H,1-2,5-8,13-15H2,(H3,26,27,29,30). The molecule has 0 amide bonds. The molecule has 2 aliphatic rings. The largest absolute Gasteiger partial charge is 0.368 e. The zero-order chi connectivity index (χ0) is 22.2. The zero-order valence-electron chi connectivity index (χ0n) is 18.7. The number of rotatable bonds is 4. The number of aryl methyl sites for hydroxylation is 1. The number of aromatic nitrogens is 4. The van der Waals surface area contributed by atoms with Crippen molar-refractivity contribution in [1.29, 1.82) is 0 Å². The summed E-state index contributed by atoms with van der Waals surface area (Å²) in [6, 6.07) is 15.5. The van der Waals surface area contributed by atoms with Crippen LogP contribution in [0, 0.1) is 0 Å². The second-order valence-electron chi connectivity index (χ2n) is 9.11. The number of nitrogens with two attached hydrogens (primary N) is 1. The number of anilines is 3. The molecule has 2 aromatic heterocycles. The van der Waals surface area contributed by atoms with Gasteiger partial charge in [-0.3, -0.25) is 0 Å². The van der Waals surface area contributed by atoms with Gasteiger partial charge in [-0.2, -0.15) is 9.67 Å². The molecule has 0 unspecified atom stereocenters. The van der Waals surface area contributed by atoms with Gasteiger partial charge in [0.2, 0.25) is 17.0 Å². The van der Waals surface area contributed by atoms with E-state index in [0.29, 0.717) is 11.9 Å². The molecule has 4 aromatic rings. The summed E-state index contributed by atoms with van der Waals surface area (Å²) < 4.78 is 2.71. The van der Waals surface area contributed by atoms with Crippen molar-refractivity contribution >= 4 is 39.1 Å². The molecule has 0 radical (unpaired) electrons. The first kappa shape index (κ1) is 20.6. The predicted octanol–water partition coefficient (Wildman–Crippen LogP) is 4.94. The summed E-state index contributed by atoms with van der Waals surface area (Å²) in [4.78, 5) is 11.8. The third-order valence-electron chi connectivity index (χ3n) is 6.96. The maximum Gasteiger partial charge on any atom is 0.248 e. The van der Waals surface area contributed by atoms with E-state index in [4.69, 9.17) is 5.73 Å². The van der Waals surface area contributed by atoms with Gasteiger partial charge in [-0.15, -0.1) is 5.10 Å². The SMILES string of the molecule is Nc1nc(Nc2ccc3c(c2)CCCN(C2CCCC2)CC3)nn1-c1nc2ccccc2s1. The van der Waals surface area contributed by atoms with Gasteiger partial charge in [0.25, 0.3) is 0 Å². The minimum atomic E-state index is 0.329. The Labute approximate surface area is 197 Å². The summed E-state index contributed by atoms with van der Waals surface area (Å²) >= 11 is 1.55. The van der Waals surface area contributed by atoms with Crippen LogP contribution in [0.15, 0.2) is 42.5 Å². The second kappa shape index (κ2) is 8.76. The number of benzene rings is 2. The Bertz CT molecular complexity index is 1240. The Morgan fingerprint density at radius 1 is 0.939 bits per heavy atom. The predicted molar refractivity (Wildman–Crippen MR) is 135 cm³/mol. The number of thiazole rings is 1. The van der Waals surface area contributed by atoms with Crippen molar-refractivity contribution in [3.8, 4) is 5.13 Å². The number of fused-ring (bicyclic) bond motifs is 2. The molecular weight excluding hydrogens is 430 g/mol. The first-order chi connectivity index (χ1) is 16.2. The molecule has 3 heterocycles. The lowest BCUT2D eigenvalue weighted by atomic mass is 9.96. The molecule has 1 aliphatic carbocycles. The zero-order valence-corrected chi connectivity index (χ0v) is 19.5. The third-order valence-corrected chi connectivity index (χ3v) is 7.97. The highest BCUT2D eigenvalue weighted by molar-refractivity contribution is 7.20. The van der Waals surface area contributed by atoms with E-state index in [2.05, 4.69) is 43.5 Å². The lowest BCUT2D eigenvalue weighted by Gasteiger charge is -2.31. The number of hydrogen-bond donors (Lipinski definition) is 2. The molecule has 0 bridgehead atoms. The van der Waals surface area contributed by atoms with Crippen molar-refractivity contribution in [2.24, 2.45) is 0 Å². The van der Waals surface area contributed by atoms with Crippen molar-refractivity contribution in [3.05, 3.63) is 53.6 Å². The summed E-state index contributed by atoms with van der Waals surface area (Å²) in [5, 5.41) is 8.65. The van der Waals surface area contributed by atoms with E-state index in [9.17, 15) is 0 Å². The van der Waals surface area contributed by atoms with Crippen LogP contribution >= 0.6 is 11.3 Å². The van der Waals surface area contributed by atoms with Crippen LogP contribution in [0.4, 0.5) is 17.6 Å². The van der Waals surface area contributed by atoms with E-state index in [0.717, 1.165) is 39.9 Å². The Balaban J connectivity index is 1.19. The van der Waals surface area contributed by atoms with Gasteiger partial charge in [0.15, 0.2) is 0 Å². The Morgan fingerprint density at radius 3 is 2.70 bits per heavy atom. The van der Waals surface area contributed by atoms with E-state index >= 15 is 0 Å². The van der Waals surface area contributed by atoms with Crippen molar-refractivity contribution in [2.75, 3.05) is 24.1 Å². The summed E-state index contributed by atoms with van der Waals surface area (Å²) in [5.41, 5.74) is 11.0. The van der Waals surface area contributed by atoms with Crippen molar-refractivity contribution in [2.45, 2.75) is 51.0 Å². The summed E-state index contributed by atoms with van der Waals surface area (Å²) in [7, 11) is 0. The van der Waals surface area contributed by atoms with Crippen LogP contribution in [0.3, 0.4) is 0 Å². The maximum atomic E-state index is 6.17. The summed E-state index contributed by atoms with van der Waals surface area (Å²) in [6.45, 7) is 2.39. The highest BCUT2D eigenvalue weighted by atomic mass is 32.1. The van der Waals surface area contributed by atoms with Crippen LogP contribution in [0.2, 0.25) is 0 Å². The van der Waals surface area contributed by atoms with Crippen LogP contribution in [-0.2, 0) is 12.8 Å². The first-order valence-electron chi connectivity index (χ1n) is 11.9. The molecule has 7 nitrogen and oxygen atoms in total. The highest BCUT2D eigenvalue weighted by Crippen LogP contribution is 2.29. The van der Waals surface area contributed by atoms with Gasteiger partial charge in [-0.05, 0) is 74.0 Å². The van der Waals surface area contributed by atoms with E-state index in [-0.39, 0.29) is 0 Å². The molecule has 1 aliphatic heterocycles. The molecule has 0 saturated heterocycles. The monoisotopic (exact) mass is 459 g/mol. The molecular formula is C25H29N7S. The molecule has 3 N–H and O–H groups in total. The van der Waals surface area contributed by atoms with Crippen molar-refractivity contribution in [1.82, 2.24) is 24.6 Å². The van der Waals surface area contributed by atoms with E-state index < -0.39 is 0 Å². The lowest BCUT2D eigenvalue weighted by molar-refractivity contribution is 0.195. The minimum Gasteiger partial charge on any atom is -0.368 e. The summed E-state index contributed by atoms with van der Waals surface area (Å²) in [5.74, 6) is 0.819. The molecule has 1 saturated carbocycles. The average molecular weight is 460 g/mol. The molecule has 6 rings (SSSR count). The fourth-order valence-corrected chi connectivity index (χ4v) is 6.19. The first-order valence-corrected chi connectivity index (χ1v) is 12.8. The molecule has 8 heteroatoms. The highest BCUT2D eigenvalue weighted by Gasteiger charge is 2.23.